The highest BCUT2D eigenvalue weighted by Crippen LogP contribution is 2.22. The Labute approximate surface area is 126 Å². The van der Waals surface area contributed by atoms with Crippen LogP contribution in [0.3, 0.4) is 0 Å². The summed E-state index contributed by atoms with van der Waals surface area (Å²) >= 11 is 0. The van der Waals surface area contributed by atoms with Crippen LogP contribution in [0.25, 0.3) is 0 Å². The highest BCUT2D eigenvalue weighted by molar-refractivity contribution is 5.03. The molecular formula is C19H33N. The Balaban J connectivity index is 2.28. The van der Waals surface area contributed by atoms with E-state index in [0.717, 1.165) is 12.3 Å². The third-order valence-corrected chi connectivity index (χ3v) is 4.22. The number of pyridine rings is 1. The summed E-state index contributed by atoms with van der Waals surface area (Å²) in [6.45, 7) is 4.59. The van der Waals surface area contributed by atoms with Crippen LogP contribution in [0.1, 0.15) is 83.7 Å². The van der Waals surface area contributed by atoms with Gasteiger partial charge in [0.1, 0.15) is 0 Å². The first-order chi connectivity index (χ1) is 9.86. The monoisotopic (exact) mass is 275 g/mol. The highest BCUT2D eigenvalue weighted by atomic mass is 14.7. The third kappa shape index (κ3) is 8.35. The van der Waals surface area contributed by atoms with Crippen LogP contribution in [-0.4, -0.2) is 4.98 Å². The van der Waals surface area contributed by atoms with Crippen LogP contribution in [0.15, 0.2) is 24.4 Å². The van der Waals surface area contributed by atoms with Gasteiger partial charge in [0, 0.05) is 11.9 Å². The van der Waals surface area contributed by atoms with E-state index in [-0.39, 0.29) is 0 Å². The Morgan fingerprint density at radius 2 is 1.55 bits per heavy atom. The SMILES string of the molecule is CCCCCCC(CCCCC)CCc1ccccn1. The van der Waals surface area contributed by atoms with Gasteiger partial charge in [-0.15, -0.1) is 0 Å². The quantitative estimate of drug-likeness (QED) is 0.415. The fourth-order valence-corrected chi connectivity index (χ4v) is 2.87. The molecule has 0 spiro atoms. The maximum Gasteiger partial charge on any atom is 0.0403 e. The molecule has 20 heavy (non-hydrogen) atoms. The van der Waals surface area contributed by atoms with Crippen molar-refractivity contribution in [1.82, 2.24) is 4.98 Å². The minimum Gasteiger partial charge on any atom is -0.261 e. The van der Waals surface area contributed by atoms with Crippen LogP contribution >= 0.6 is 0 Å². The second kappa shape index (κ2) is 11.9. The van der Waals surface area contributed by atoms with Gasteiger partial charge in [0.05, 0.1) is 0 Å². The molecule has 0 fully saturated rings. The molecule has 0 saturated carbocycles. The molecule has 0 N–H and O–H groups in total. The predicted molar refractivity (Wildman–Crippen MR) is 88.9 cm³/mol. The summed E-state index contributed by atoms with van der Waals surface area (Å²) in [5.74, 6) is 0.917. The lowest BCUT2D eigenvalue weighted by Gasteiger charge is -2.16. The van der Waals surface area contributed by atoms with Gasteiger partial charge in [0.2, 0.25) is 0 Å². The molecule has 0 bridgehead atoms. The van der Waals surface area contributed by atoms with Gasteiger partial charge in [0.15, 0.2) is 0 Å². The van der Waals surface area contributed by atoms with Crippen molar-refractivity contribution in [3.05, 3.63) is 30.1 Å². The highest BCUT2D eigenvalue weighted by Gasteiger charge is 2.09. The standard InChI is InChI=1S/C19H33N/c1-3-5-7-9-13-18(12-8-6-4-2)15-16-19-14-10-11-17-20-19/h10-11,14,17-18H,3-9,12-13,15-16H2,1-2H3. The Morgan fingerprint density at radius 3 is 2.20 bits per heavy atom. The third-order valence-electron chi connectivity index (χ3n) is 4.22. The Bertz CT molecular complexity index is 307. The predicted octanol–water partition coefficient (Wildman–Crippen LogP) is 6.18. The van der Waals surface area contributed by atoms with E-state index in [4.69, 9.17) is 0 Å². The number of aromatic nitrogens is 1. The van der Waals surface area contributed by atoms with Crippen LogP contribution in [0.4, 0.5) is 0 Å². The number of nitrogens with zero attached hydrogens (tertiary/aromatic N) is 1. The number of unbranched alkanes of at least 4 members (excludes halogenated alkanes) is 5. The summed E-state index contributed by atoms with van der Waals surface area (Å²) in [5.41, 5.74) is 1.27. The van der Waals surface area contributed by atoms with Crippen molar-refractivity contribution < 1.29 is 0 Å². The van der Waals surface area contributed by atoms with E-state index >= 15 is 0 Å². The van der Waals surface area contributed by atoms with Crippen molar-refractivity contribution in [1.29, 1.82) is 0 Å². The molecule has 0 aliphatic carbocycles. The van der Waals surface area contributed by atoms with E-state index in [0.29, 0.717) is 0 Å². The lowest BCUT2D eigenvalue weighted by Crippen LogP contribution is -2.04. The fourth-order valence-electron chi connectivity index (χ4n) is 2.87. The van der Waals surface area contributed by atoms with Crippen molar-refractivity contribution in [2.24, 2.45) is 5.92 Å². The van der Waals surface area contributed by atoms with Crippen LogP contribution < -0.4 is 0 Å². The fraction of sp³-hybridized carbons (Fsp3) is 0.737. The summed E-state index contributed by atoms with van der Waals surface area (Å²) in [6.07, 6.45) is 17.0. The van der Waals surface area contributed by atoms with E-state index in [2.05, 4.69) is 31.0 Å². The average Bonchev–Trinajstić information content (AvgIpc) is 2.49. The molecule has 1 atom stereocenters. The largest absolute Gasteiger partial charge is 0.261 e. The molecule has 0 radical (unpaired) electrons. The smallest absolute Gasteiger partial charge is 0.0403 e. The van der Waals surface area contributed by atoms with Gasteiger partial charge in [-0.3, -0.25) is 4.98 Å². The molecule has 1 rings (SSSR count). The topological polar surface area (TPSA) is 12.9 Å². The molecule has 0 aliphatic rings. The van der Waals surface area contributed by atoms with Crippen molar-refractivity contribution in [3.63, 3.8) is 0 Å². The molecule has 1 heteroatoms. The van der Waals surface area contributed by atoms with Crippen LogP contribution in [0.2, 0.25) is 0 Å². The number of hydrogen-bond donors (Lipinski definition) is 0. The van der Waals surface area contributed by atoms with E-state index in [9.17, 15) is 0 Å². The molecule has 1 nitrogen and oxygen atoms in total. The van der Waals surface area contributed by atoms with Gasteiger partial charge in [-0.1, -0.05) is 77.7 Å². The van der Waals surface area contributed by atoms with Crippen molar-refractivity contribution in [2.45, 2.75) is 84.5 Å². The van der Waals surface area contributed by atoms with Crippen LogP contribution in [0, 0.1) is 5.92 Å². The Kier molecular flexibility index (Phi) is 10.3. The molecule has 0 aromatic carbocycles. The zero-order valence-electron chi connectivity index (χ0n) is 13.6. The summed E-state index contributed by atoms with van der Waals surface area (Å²) in [5, 5.41) is 0. The minimum absolute atomic E-state index is 0.917. The lowest BCUT2D eigenvalue weighted by molar-refractivity contribution is 0.383. The summed E-state index contributed by atoms with van der Waals surface area (Å²) in [4.78, 5) is 4.46. The van der Waals surface area contributed by atoms with Gasteiger partial charge in [0.25, 0.3) is 0 Å². The van der Waals surface area contributed by atoms with Gasteiger partial charge >= 0.3 is 0 Å². The van der Waals surface area contributed by atoms with Crippen LogP contribution in [-0.2, 0) is 6.42 Å². The Morgan fingerprint density at radius 1 is 0.850 bits per heavy atom. The molecule has 0 amide bonds. The maximum atomic E-state index is 4.46. The molecule has 1 unspecified atom stereocenters. The number of rotatable bonds is 12. The van der Waals surface area contributed by atoms with Gasteiger partial charge in [-0.25, -0.2) is 0 Å². The molecule has 114 valence electrons. The van der Waals surface area contributed by atoms with Crippen molar-refractivity contribution in [2.75, 3.05) is 0 Å². The molecule has 0 saturated heterocycles. The average molecular weight is 275 g/mol. The second-order valence-electron chi connectivity index (χ2n) is 6.07. The van der Waals surface area contributed by atoms with Crippen molar-refractivity contribution in [3.8, 4) is 0 Å². The normalized spacial score (nSPS) is 12.5. The zero-order valence-corrected chi connectivity index (χ0v) is 13.6. The lowest BCUT2D eigenvalue weighted by atomic mass is 9.90. The molecule has 1 aromatic heterocycles. The second-order valence-corrected chi connectivity index (χ2v) is 6.07. The van der Waals surface area contributed by atoms with E-state index in [1.807, 2.05) is 12.3 Å². The molecular weight excluding hydrogens is 242 g/mol. The van der Waals surface area contributed by atoms with Crippen molar-refractivity contribution >= 4 is 0 Å². The van der Waals surface area contributed by atoms with Crippen LogP contribution in [0.5, 0.6) is 0 Å². The van der Waals surface area contributed by atoms with E-state index < -0.39 is 0 Å². The first-order valence-electron chi connectivity index (χ1n) is 8.76. The van der Waals surface area contributed by atoms with E-state index in [1.54, 1.807) is 0 Å². The summed E-state index contributed by atoms with van der Waals surface area (Å²) in [7, 11) is 0. The van der Waals surface area contributed by atoms with Gasteiger partial charge in [-0.2, -0.15) is 0 Å². The van der Waals surface area contributed by atoms with E-state index in [1.165, 1.54) is 69.9 Å². The first kappa shape index (κ1) is 17.2. The number of aryl methyl sites for hydroxylation is 1. The van der Waals surface area contributed by atoms with Gasteiger partial charge < -0.3 is 0 Å². The van der Waals surface area contributed by atoms with Gasteiger partial charge in [-0.05, 0) is 30.9 Å². The molecule has 1 heterocycles. The first-order valence-corrected chi connectivity index (χ1v) is 8.76. The summed E-state index contributed by atoms with van der Waals surface area (Å²) in [6, 6.07) is 6.28. The maximum absolute atomic E-state index is 4.46. The molecule has 1 aromatic rings. The number of hydrogen-bond acceptors (Lipinski definition) is 1. The minimum atomic E-state index is 0.917. The zero-order chi connectivity index (χ0) is 14.5. The Hall–Kier alpha value is -0.850. The molecule has 0 aliphatic heterocycles. The summed E-state index contributed by atoms with van der Waals surface area (Å²) < 4.78 is 0.